The smallest absolute Gasteiger partial charge is 0.210 e. The Morgan fingerprint density at radius 1 is 1.21 bits per heavy atom. The van der Waals surface area contributed by atoms with Gasteiger partial charge in [0.25, 0.3) is 16.1 Å². The molecule has 0 saturated heterocycles. The van der Waals surface area contributed by atoms with Gasteiger partial charge in [-0.15, -0.1) is 0 Å². The van der Waals surface area contributed by atoms with Crippen molar-refractivity contribution >= 4 is 16.1 Å². The van der Waals surface area contributed by atoms with E-state index in [1.165, 1.54) is 0 Å². The Kier molecular flexibility index (Phi) is 2.73. The molecule has 1 aromatic carbocycles. The molecule has 0 aliphatic carbocycles. The molecule has 1 aromatic rings. The Hall–Kier alpha value is -1.59. The molecule has 4 nitrogen and oxygen atoms in total. The van der Waals surface area contributed by atoms with Crippen LogP contribution in [0.3, 0.4) is 0 Å². The zero-order valence-electron chi connectivity index (χ0n) is 6.57. The maximum Gasteiger partial charge on any atom is 0.292 e. The molecule has 0 unspecified atom stereocenters. The molecule has 7 heteroatoms. The van der Waals surface area contributed by atoms with E-state index >= 15 is 0 Å². The summed E-state index contributed by atoms with van der Waals surface area (Å²) >= 11 is 0. The first kappa shape index (κ1) is 10.5. The van der Waals surface area contributed by atoms with Crippen LogP contribution in [0.25, 0.3) is 0 Å². The van der Waals surface area contributed by atoms with Crippen LogP contribution in [0.1, 0.15) is 0 Å². The van der Waals surface area contributed by atoms with Crippen LogP contribution in [0.15, 0.2) is 27.5 Å². The van der Waals surface area contributed by atoms with Crippen molar-refractivity contribution in [3.63, 3.8) is 0 Å². The zero-order chi connectivity index (χ0) is 10.8. The minimum Gasteiger partial charge on any atom is -0.210 e. The zero-order valence-corrected chi connectivity index (χ0v) is 7.38. The van der Waals surface area contributed by atoms with E-state index in [1.54, 1.807) is 0 Å². The third-order valence-corrected chi connectivity index (χ3v) is 2.51. The summed E-state index contributed by atoms with van der Waals surface area (Å²) in [5, 5.41) is 0. The fraction of sp³-hybridized carbons (Fsp3) is 0. The Morgan fingerprint density at radius 3 is 2.36 bits per heavy atom. The van der Waals surface area contributed by atoms with Gasteiger partial charge in [0, 0.05) is 0 Å². The molecule has 0 heterocycles. The third-order valence-electron chi connectivity index (χ3n) is 1.35. The molecule has 0 atom stereocenters. The van der Waals surface area contributed by atoms with Gasteiger partial charge in [-0.25, -0.2) is 13.6 Å². The molecule has 14 heavy (non-hydrogen) atoms. The van der Waals surface area contributed by atoms with Gasteiger partial charge in [-0.2, -0.15) is 8.42 Å². The van der Waals surface area contributed by atoms with Crippen LogP contribution in [0.2, 0.25) is 0 Å². The molecule has 0 radical (unpaired) electrons. The van der Waals surface area contributed by atoms with Crippen LogP contribution in [-0.4, -0.2) is 14.5 Å². The van der Waals surface area contributed by atoms with E-state index in [4.69, 9.17) is 0 Å². The van der Waals surface area contributed by atoms with Gasteiger partial charge in [-0.1, -0.05) is 4.40 Å². The van der Waals surface area contributed by atoms with E-state index in [0.717, 1.165) is 12.1 Å². The van der Waals surface area contributed by atoms with Gasteiger partial charge < -0.3 is 0 Å². The second-order valence-corrected chi connectivity index (χ2v) is 3.84. The van der Waals surface area contributed by atoms with Gasteiger partial charge in [0.15, 0.2) is 11.6 Å². The summed E-state index contributed by atoms with van der Waals surface area (Å²) in [5.74, 6) is -2.51. The quantitative estimate of drug-likeness (QED) is 0.550. The number of sulfonamides is 1. The third kappa shape index (κ3) is 2.01. The lowest BCUT2D eigenvalue weighted by Crippen LogP contribution is -1.98. The molecular formula is C7H3F2NO3S. The number of nitrogens with zero attached hydrogens (tertiary/aromatic N) is 1. The van der Waals surface area contributed by atoms with Crippen molar-refractivity contribution in [3.8, 4) is 0 Å². The van der Waals surface area contributed by atoms with Crippen molar-refractivity contribution in [2.24, 2.45) is 4.40 Å². The van der Waals surface area contributed by atoms with Gasteiger partial charge in [0.05, 0.1) is 4.90 Å². The van der Waals surface area contributed by atoms with Crippen molar-refractivity contribution in [2.75, 3.05) is 0 Å². The molecular weight excluding hydrogens is 216 g/mol. The summed E-state index contributed by atoms with van der Waals surface area (Å²) in [4.78, 5) is 9.11. The number of halogens is 2. The lowest BCUT2D eigenvalue weighted by atomic mass is 10.3. The summed E-state index contributed by atoms with van der Waals surface area (Å²) in [6.07, 6.45) is 0.811. The second-order valence-electron chi connectivity index (χ2n) is 2.23. The van der Waals surface area contributed by atoms with Crippen LogP contribution >= 0.6 is 0 Å². The summed E-state index contributed by atoms with van der Waals surface area (Å²) in [6, 6.07) is 1.86. The van der Waals surface area contributed by atoms with E-state index in [1.807, 2.05) is 0 Å². The molecule has 74 valence electrons. The molecule has 0 aliphatic heterocycles. The van der Waals surface area contributed by atoms with Crippen LogP contribution in [0, 0.1) is 11.6 Å². The molecule has 0 fully saturated rings. The van der Waals surface area contributed by atoms with Gasteiger partial charge in [-0.3, -0.25) is 0 Å². The average Bonchev–Trinajstić information content (AvgIpc) is 2.09. The largest absolute Gasteiger partial charge is 0.292 e. The first-order valence-corrected chi connectivity index (χ1v) is 4.70. The molecule has 0 bridgehead atoms. The number of hydrogen-bond acceptors (Lipinski definition) is 3. The van der Waals surface area contributed by atoms with E-state index in [9.17, 15) is 22.0 Å². The highest BCUT2D eigenvalue weighted by Crippen LogP contribution is 2.15. The molecule has 1 rings (SSSR count). The van der Waals surface area contributed by atoms with Crippen molar-refractivity contribution in [1.82, 2.24) is 0 Å². The van der Waals surface area contributed by atoms with E-state index in [-0.39, 0.29) is 0 Å². The average molecular weight is 219 g/mol. The lowest BCUT2D eigenvalue weighted by Gasteiger charge is -1.96. The van der Waals surface area contributed by atoms with Crippen LogP contribution in [-0.2, 0) is 14.8 Å². The first-order valence-electron chi connectivity index (χ1n) is 3.26. The van der Waals surface area contributed by atoms with Gasteiger partial charge in [0.2, 0.25) is 0 Å². The SMILES string of the molecule is O=C=NS(=O)(=O)c1ccc(F)c(F)c1. The Morgan fingerprint density at radius 2 is 1.86 bits per heavy atom. The van der Waals surface area contributed by atoms with Crippen LogP contribution in [0.5, 0.6) is 0 Å². The van der Waals surface area contributed by atoms with Gasteiger partial charge in [0.1, 0.15) is 0 Å². The molecule has 0 amide bonds. The highest BCUT2D eigenvalue weighted by molar-refractivity contribution is 7.90. The Bertz CT molecular complexity index is 506. The highest BCUT2D eigenvalue weighted by Gasteiger charge is 2.14. The van der Waals surface area contributed by atoms with Crippen LogP contribution < -0.4 is 0 Å². The lowest BCUT2D eigenvalue weighted by molar-refractivity contribution is 0.504. The number of carbonyl (C=O) groups excluding carboxylic acids is 1. The summed E-state index contributed by atoms with van der Waals surface area (Å²) < 4.78 is 49.4. The topological polar surface area (TPSA) is 63.6 Å². The first-order chi connectivity index (χ1) is 6.47. The summed E-state index contributed by atoms with van der Waals surface area (Å²) in [6.45, 7) is 0. The summed E-state index contributed by atoms with van der Waals surface area (Å²) in [7, 11) is -4.25. The molecule has 0 aliphatic rings. The van der Waals surface area contributed by atoms with E-state index < -0.39 is 26.6 Å². The van der Waals surface area contributed by atoms with Gasteiger partial charge >= 0.3 is 0 Å². The number of rotatable bonds is 2. The number of hydrogen-bond donors (Lipinski definition) is 0. The van der Waals surface area contributed by atoms with Crippen molar-refractivity contribution in [1.29, 1.82) is 0 Å². The van der Waals surface area contributed by atoms with Crippen molar-refractivity contribution in [3.05, 3.63) is 29.8 Å². The minimum atomic E-state index is -4.25. The fourth-order valence-corrected chi connectivity index (χ4v) is 1.44. The Labute approximate surface area is 77.9 Å². The van der Waals surface area contributed by atoms with Crippen molar-refractivity contribution in [2.45, 2.75) is 4.90 Å². The monoisotopic (exact) mass is 219 g/mol. The van der Waals surface area contributed by atoms with E-state index in [0.29, 0.717) is 12.1 Å². The maximum absolute atomic E-state index is 12.6. The minimum absolute atomic E-state index is 0.436. The predicted molar refractivity (Wildman–Crippen MR) is 41.7 cm³/mol. The maximum atomic E-state index is 12.6. The van der Waals surface area contributed by atoms with E-state index in [2.05, 4.69) is 4.40 Å². The molecule has 0 saturated carbocycles. The van der Waals surface area contributed by atoms with Crippen molar-refractivity contribution < 1.29 is 22.0 Å². The van der Waals surface area contributed by atoms with Crippen LogP contribution in [0.4, 0.5) is 8.78 Å². The predicted octanol–water partition coefficient (Wildman–Crippen LogP) is 0.989. The number of isocyanates is 1. The number of benzene rings is 1. The fourth-order valence-electron chi connectivity index (χ4n) is 0.739. The second kappa shape index (κ2) is 3.65. The normalized spacial score (nSPS) is 10.7. The van der Waals surface area contributed by atoms with Gasteiger partial charge in [-0.05, 0) is 18.2 Å². The molecule has 0 N–H and O–H groups in total. The summed E-state index contributed by atoms with van der Waals surface area (Å²) in [5.41, 5.74) is 0. The molecule has 0 aromatic heterocycles. The highest BCUT2D eigenvalue weighted by atomic mass is 32.2. The Balaban J connectivity index is 3.35. The standard InChI is InChI=1S/C7H3F2NO3S/c8-6-2-1-5(3-7(6)9)14(12,13)10-4-11/h1-3H. The molecule has 0 spiro atoms.